The van der Waals surface area contributed by atoms with Crippen molar-refractivity contribution >= 4 is 39.9 Å². The van der Waals surface area contributed by atoms with E-state index in [0.29, 0.717) is 16.3 Å². The fraction of sp³-hybridized carbons (Fsp3) is 0.118. The Morgan fingerprint density at radius 2 is 2.08 bits per heavy atom. The zero-order valence-electron chi connectivity index (χ0n) is 12.9. The number of carbonyl (C=O) groups excluding carboxylic acids is 1. The summed E-state index contributed by atoms with van der Waals surface area (Å²) in [7, 11) is 0. The number of rotatable bonds is 6. The van der Waals surface area contributed by atoms with Crippen molar-refractivity contribution in [1.82, 2.24) is 9.97 Å². The first-order chi connectivity index (χ1) is 11.8. The zero-order chi connectivity index (χ0) is 16.8. The van der Waals surface area contributed by atoms with Crippen molar-refractivity contribution < 1.29 is 9.53 Å². The first-order valence-electron chi connectivity index (χ1n) is 7.19. The Kier molecular flexibility index (Phi) is 5.45. The number of anilines is 2. The third-order valence-corrected chi connectivity index (χ3v) is 4.63. The van der Waals surface area contributed by atoms with Gasteiger partial charge in [0.2, 0.25) is 0 Å². The van der Waals surface area contributed by atoms with E-state index in [2.05, 4.69) is 15.3 Å². The SMILES string of the molecule is CSc1ncccc1C(=O)OCc1csc(Nc2ccccc2)n1. The molecule has 0 atom stereocenters. The molecule has 122 valence electrons. The molecule has 0 amide bonds. The van der Waals surface area contributed by atoms with Gasteiger partial charge in [0, 0.05) is 17.3 Å². The molecule has 0 aliphatic heterocycles. The predicted octanol–water partition coefficient (Wildman–Crippen LogP) is 4.36. The first kappa shape index (κ1) is 16.5. The summed E-state index contributed by atoms with van der Waals surface area (Å²) in [4.78, 5) is 20.8. The van der Waals surface area contributed by atoms with Crippen molar-refractivity contribution in [2.45, 2.75) is 11.6 Å². The highest BCUT2D eigenvalue weighted by Crippen LogP contribution is 2.22. The molecule has 2 heterocycles. The summed E-state index contributed by atoms with van der Waals surface area (Å²) in [5.74, 6) is -0.391. The summed E-state index contributed by atoms with van der Waals surface area (Å²) < 4.78 is 5.34. The van der Waals surface area contributed by atoms with Crippen LogP contribution in [0.4, 0.5) is 10.8 Å². The number of benzene rings is 1. The topological polar surface area (TPSA) is 64.1 Å². The highest BCUT2D eigenvalue weighted by molar-refractivity contribution is 7.98. The van der Waals surface area contributed by atoms with E-state index in [1.807, 2.05) is 42.0 Å². The van der Waals surface area contributed by atoms with E-state index in [1.54, 1.807) is 18.3 Å². The average Bonchev–Trinajstić information content (AvgIpc) is 3.08. The predicted molar refractivity (Wildman–Crippen MR) is 97.0 cm³/mol. The van der Waals surface area contributed by atoms with Crippen molar-refractivity contribution in [3.63, 3.8) is 0 Å². The summed E-state index contributed by atoms with van der Waals surface area (Å²) in [6.07, 6.45) is 3.53. The van der Waals surface area contributed by atoms with E-state index in [-0.39, 0.29) is 6.61 Å². The van der Waals surface area contributed by atoms with E-state index in [0.717, 1.165) is 10.8 Å². The molecule has 1 aromatic carbocycles. The molecule has 7 heteroatoms. The van der Waals surface area contributed by atoms with E-state index >= 15 is 0 Å². The second-order valence-corrected chi connectivity index (χ2v) is 6.42. The van der Waals surface area contributed by atoms with Crippen LogP contribution >= 0.6 is 23.1 Å². The van der Waals surface area contributed by atoms with E-state index in [4.69, 9.17) is 4.74 Å². The number of thioether (sulfide) groups is 1. The number of aromatic nitrogens is 2. The third kappa shape index (κ3) is 4.12. The quantitative estimate of drug-likeness (QED) is 0.522. The molecule has 1 N–H and O–H groups in total. The Morgan fingerprint density at radius 3 is 2.88 bits per heavy atom. The zero-order valence-corrected chi connectivity index (χ0v) is 14.6. The van der Waals surface area contributed by atoms with E-state index in [1.165, 1.54) is 23.1 Å². The van der Waals surface area contributed by atoms with Crippen LogP contribution in [0.25, 0.3) is 0 Å². The summed E-state index contributed by atoms with van der Waals surface area (Å²) in [5.41, 5.74) is 2.15. The molecule has 3 aromatic rings. The minimum absolute atomic E-state index is 0.133. The van der Waals surface area contributed by atoms with Gasteiger partial charge in [-0.25, -0.2) is 14.8 Å². The standard InChI is InChI=1S/C17H15N3O2S2/c1-23-15-14(8-5-9-18-15)16(21)22-10-13-11-24-17(20-13)19-12-6-3-2-4-7-12/h2-9,11H,10H2,1H3,(H,19,20). The monoisotopic (exact) mass is 357 g/mol. The van der Waals surface area contributed by atoms with Gasteiger partial charge >= 0.3 is 5.97 Å². The number of hydrogen-bond acceptors (Lipinski definition) is 7. The number of hydrogen-bond donors (Lipinski definition) is 1. The first-order valence-corrected chi connectivity index (χ1v) is 9.29. The number of nitrogens with zero attached hydrogens (tertiary/aromatic N) is 2. The Balaban J connectivity index is 1.60. The third-order valence-electron chi connectivity index (χ3n) is 3.11. The van der Waals surface area contributed by atoms with Gasteiger partial charge in [0.05, 0.1) is 11.3 Å². The number of carbonyl (C=O) groups is 1. The van der Waals surface area contributed by atoms with Crippen LogP contribution in [0.5, 0.6) is 0 Å². The van der Waals surface area contributed by atoms with E-state index in [9.17, 15) is 4.79 Å². The van der Waals surface area contributed by atoms with Crippen LogP contribution in [0.15, 0.2) is 59.1 Å². The van der Waals surface area contributed by atoms with Gasteiger partial charge in [0.15, 0.2) is 5.13 Å². The summed E-state index contributed by atoms with van der Waals surface area (Å²) in [6, 6.07) is 13.2. The summed E-state index contributed by atoms with van der Waals surface area (Å²) in [5, 5.41) is 6.51. The number of thiazole rings is 1. The highest BCUT2D eigenvalue weighted by Gasteiger charge is 2.14. The maximum absolute atomic E-state index is 12.2. The Labute approximate surface area is 148 Å². The smallest absolute Gasteiger partial charge is 0.341 e. The molecule has 2 aromatic heterocycles. The second kappa shape index (κ2) is 7.94. The lowest BCUT2D eigenvalue weighted by Crippen LogP contribution is -2.07. The van der Waals surface area contributed by atoms with Gasteiger partial charge in [-0.05, 0) is 30.5 Å². The Hall–Kier alpha value is -2.38. The number of ether oxygens (including phenoxy) is 1. The fourth-order valence-corrected chi connectivity index (χ4v) is 3.25. The Morgan fingerprint density at radius 1 is 1.25 bits per heavy atom. The van der Waals surface area contributed by atoms with Gasteiger partial charge in [-0.2, -0.15) is 0 Å². The van der Waals surface area contributed by atoms with Gasteiger partial charge in [0.1, 0.15) is 11.6 Å². The second-order valence-electron chi connectivity index (χ2n) is 4.77. The van der Waals surface area contributed by atoms with Crippen molar-refractivity contribution in [3.05, 3.63) is 65.3 Å². The maximum atomic E-state index is 12.2. The van der Waals surface area contributed by atoms with Crippen LogP contribution in [0, 0.1) is 0 Å². The number of pyridine rings is 1. The number of para-hydroxylation sites is 1. The van der Waals surface area contributed by atoms with E-state index < -0.39 is 5.97 Å². The van der Waals surface area contributed by atoms with Gasteiger partial charge in [-0.1, -0.05) is 18.2 Å². The van der Waals surface area contributed by atoms with Crippen LogP contribution in [-0.4, -0.2) is 22.2 Å². The van der Waals surface area contributed by atoms with Crippen LogP contribution in [0.3, 0.4) is 0 Å². The number of nitrogens with one attached hydrogen (secondary N) is 1. The molecule has 0 unspecified atom stereocenters. The fourth-order valence-electron chi connectivity index (χ4n) is 2.00. The molecule has 0 aliphatic rings. The van der Waals surface area contributed by atoms with Crippen molar-refractivity contribution in [1.29, 1.82) is 0 Å². The van der Waals surface area contributed by atoms with Crippen molar-refractivity contribution in [2.24, 2.45) is 0 Å². The maximum Gasteiger partial charge on any atom is 0.341 e. The van der Waals surface area contributed by atoms with Crippen LogP contribution < -0.4 is 5.32 Å². The van der Waals surface area contributed by atoms with Crippen LogP contribution in [0.2, 0.25) is 0 Å². The van der Waals surface area contributed by atoms with Crippen LogP contribution in [-0.2, 0) is 11.3 Å². The Bertz CT molecular complexity index is 821. The molecular weight excluding hydrogens is 342 g/mol. The lowest BCUT2D eigenvalue weighted by Gasteiger charge is -2.06. The summed E-state index contributed by atoms with van der Waals surface area (Å²) >= 11 is 2.88. The molecule has 0 saturated heterocycles. The lowest BCUT2D eigenvalue weighted by molar-refractivity contribution is 0.0463. The summed E-state index contributed by atoms with van der Waals surface area (Å²) in [6.45, 7) is 0.133. The minimum Gasteiger partial charge on any atom is -0.455 e. The molecule has 3 rings (SSSR count). The van der Waals surface area contributed by atoms with Crippen molar-refractivity contribution in [2.75, 3.05) is 11.6 Å². The van der Waals surface area contributed by atoms with Gasteiger partial charge in [-0.15, -0.1) is 23.1 Å². The van der Waals surface area contributed by atoms with Crippen LogP contribution in [0.1, 0.15) is 16.1 Å². The molecule has 0 bridgehead atoms. The normalized spacial score (nSPS) is 10.4. The number of esters is 1. The largest absolute Gasteiger partial charge is 0.455 e. The van der Waals surface area contributed by atoms with Gasteiger partial charge in [0.25, 0.3) is 0 Å². The molecule has 0 aliphatic carbocycles. The minimum atomic E-state index is -0.391. The molecule has 24 heavy (non-hydrogen) atoms. The average molecular weight is 357 g/mol. The molecule has 5 nitrogen and oxygen atoms in total. The highest BCUT2D eigenvalue weighted by atomic mass is 32.2. The van der Waals surface area contributed by atoms with Gasteiger partial charge < -0.3 is 10.1 Å². The molecule has 0 spiro atoms. The lowest BCUT2D eigenvalue weighted by atomic mass is 10.3. The molecule has 0 saturated carbocycles. The molecule has 0 radical (unpaired) electrons. The van der Waals surface area contributed by atoms with Crippen molar-refractivity contribution in [3.8, 4) is 0 Å². The molecular formula is C17H15N3O2S2. The van der Waals surface area contributed by atoms with Gasteiger partial charge in [-0.3, -0.25) is 0 Å². The molecule has 0 fully saturated rings.